The molecule has 2 rings (SSSR count). The number of carbonyl (C=O) groups is 1. The van der Waals surface area contributed by atoms with Crippen LogP contribution in [0.2, 0.25) is 0 Å². The Hall–Kier alpha value is -1.07. The maximum absolute atomic E-state index is 12.2. The number of pyridine rings is 1. The quantitative estimate of drug-likeness (QED) is 0.816. The molecule has 0 saturated heterocycles. The fourth-order valence-corrected chi connectivity index (χ4v) is 2.76. The molecule has 98 valence electrons. The van der Waals surface area contributed by atoms with E-state index >= 15 is 0 Å². The highest BCUT2D eigenvalue weighted by Crippen LogP contribution is 2.29. The summed E-state index contributed by atoms with van der Waals surface area (Å²) in [6, 6.07) is 3.48. The van der Waals surface area contributed by atoms with Crippen molar-refractivity contribution in [3.05, 3.63) is 23.9 Å². The van der Waals surface area contributed by atoms with Gasteiger partial charge in [-0.2, -0.15) is 0 Å². The van der Waals surface area contributed by atoms with Crippen molar-refractivity contribution in [1.82, 2.24) is 10.3 Å². The number of nitrogens with one attached hydrogen (secondary N) is 1. The highest BCUT2D eigenvalue weighted by molar-refractivity contribution is 7.98. The summed E-state index contributed by atoms with van der Waals surface area (Å²) in [5.74, 6) is -0.122. The maximum Gasteiger partial charge on any atom is 0.251 e. The van der Waals surface area contributed by atoms with Crippen LogP contribution in [0.3, 0.4) is 0 Å². The maximum atomic E-state index is 12.2. The van der Waals surface area contributed by atoms with Crippen LogP contribution in [0.1, 0.15) is 36.0 Å². The van der Waals surface area contributed by atoms with E-state index in [0.717, 1.165) is 30.7 Å². The Morgan fingerprint density at radius 1 is 1.56 bits per heavy atom. The van der Waals surface area contributed by atoms with E-state index in [2.05, 4.69) is 10.3 Å². The van der Waals surface area contributed by atoms with Crippen molar-refractivity contribution in [2.45, 2.75) is 36.2 Å². The van der Waals surface area contributed by atoms with Crippen molar-refractivity contribution in [3.8, 4) is 0 Å². The van der Waals surface area contributed by atoms with Gasteiger partial charge in [-0.3, -0.25) is 4.79 Å². The van der Waals surface area contributed by atoms with E-state index in [-0.39, 0.29) is 12.5 Å². The Morgan fingerprint density at radius 3 is 2.89 bits per heavy atom. The molecule has 0 unspecified atom stereocenters. The number of aliphatic hydroxyl groups excluding tert-OH is 1. The topological polar surface area (TPSA) is 62.2 Å². The number of nitrogens with zero attached hydrogens (tertiary/aromatic N) is 1. The summed E-state index contributed by atoms with van der Waals surface area (Å²) in [7, 11) is 0. The van der Waals surface area contributed by atoms with Crippen LogP contribution in [0.4, 0.5) is 0 Å². The van der Waals surface area contributed by atoms with Gasteiger partial charge in [-0.1, -0.05) is 12.8 Å². The molecule has 18 heavy (non-hydrogen) atoms. The number of amides is 1. The monoisotopic (exact) mass is 266 g/mol. The van der Waals surface area contributed by atoms with E-state index in [1.54, 1.807) is 18.3 Å². The second-order valence-electron chi connectivity index (χ2n) is 4.69. The summed E-state index contributed by atoms with van der Waals surface area (Å²) in [4.78, 5) is 16.3. The van der Waals surface area contributed by atoms with Gasteiger partial charge in [0.15, 0.2) is 0 Å². The van der Waals surface area contributed by atoms with Gasteiger partial charge in [-0.15, -0.1) is 11.8 Å². The van der Waals surface area contributed by atoms with Gasteiger partial charge in [0.2, 0.25) is 0 Å². The lowest BCUT2D eigenvalue weighted by Crippen LogP contribution is -2.49. The number of hydrogen-bond donors (Lipinski definition) is 2. The molecule has 1 aliphatic carbocycles. The third-order valence-corrected chi connectivity index (χ3v) is 4.09. The molecule has 0 spiro atoms. The predicted molar refractivity (Wildman–Crippen MR) is 71.8 cm³/mol. The second kappa shape index (κ2) is 5.71. The van der Waals surface area contributed by atoms with Crippen molar-refractivity contribution in [1.29, 1.82) is 0 Å². The van der Waals surface area contributed by atoms with Crippen molar-refractivity contribution >= 4 is 17.7 Å². The lowest BCUT2D eigenvalue weighted by atomic mass is 9.98. The zero-order valence-corrected chi connectivity index (χ0v) is 11.3. The highest BCUT2D eigenvalue weighted by atomic mass is 32.2. The molecule has 1 heterocycles. The number of aliphatic hydroxyl groups is 1. The first kappa shape index (κ1) is 13.4. The van der Waals surface area contributed by atoms with E-state index in [9.17, 15) is 9.90 Å². The number of hydrogen-bond acceptors (Lipinski definition) is 4. The number of aromatic nitrogens is 1. The lowest BCUT2D eigenvalue weighted by molar-refractivity contribution is 0.0838. The molecule has 0 radical (unpaired) electrons. The van der Waals surface area contributed by atoms with Gasteiger partial charge in [0.25, 0.3) is 5.91 Å². The smallest absolute Gasteiger partial charge is 0.251 e. The molecule has 1 aromatic rings. The third kappa shape index (κ3) is 2.84. The molecule has 1 aromatic heterocycles. The van der Waals surface area contributed by atoms with Crippen molar-refractivity contribution in [3.63, 3.8) is 0 Å². The normalized spacial score (nSPS) is 17.7. The van der Waals surface area contributed by atoms with E-state index in [1.807, 2.05) is 6.26 Å². The minimum absolute atomic E-state index is 0.0131. The van der Waals surface area contributed by atoms with Gasteiger partial charge >= 0.3 is 0 Å². The molecule has 1 saturated carbocycles. The van der Waals surface area contributed by atoms with Crippen LogP contribution in [-0.2, 0) is 0 Å². The summed E-state index contributed by atoms with van der Waals surface area (Å²) in [6.45, 7) is 0.0131. The van der Waals surface area contributed by atoms with Crippen LogP contribution >= 0.6 is 11.8 Å². The van der Waals surface area contributed by atoms with E-state index in [0.29, 0.717) is 5.56 Å². The van der Waals surface area contributed by atoms with Gasteiger partial charge in [0, 0.05) is 11.8 Å². The SMILES string of the molecule is CSc1cc(C(=O)NC2(CO)CCCC2)ccn1. The highest BCUT2D eigenvalue weighted by Gasteiger charge is 2.34. The first-order valence-corrected chi connectivity index (χ1v) is 7.35. The molecule has 2 N–H and O–H groups in total. The van der Waals surface area contributed by atoms with Crippen LogP contribution in [0.25, 0.3) is 0 Å². The average Bonchev–Trinajstić information content (AvgIpc) is 2.88. The van der Waals surface area contributed by atoms with E-state index in [4.69, 9.17) is 0 Å². The zero-order valence-electron chi connectivity index (χ0n) is 10.5. The standard InChI is InChI=1S/C13H18N2O2S/c1-18-11-8-10(4-7-14-11)12(17)15-13(9-16)5-2-3-6-13/h4,7-8,16H,2-3,5-6,9H2,1H3,(H,15,17). The Labute approximate surface area is 111 Å². The van der Waals surface area contributed by atoms with Crippen molar-refractivity contribution < 1.29 is 9.90 Å². The molecular weight excluding hydrogens is 248 g/mol. The summed E-state index contributed by atoms with van der Waals surface area (Å²) < 4.78 is 0. The van der Waals surface area contributed by atoms with Crippen LogP contribution in [-0.4, -0.2) is 34.4 Å². The number of thioether (sulfide) groups is 1. The van der Waals surface area contributed by atoms with E-state index < -0.39 is 5.54 Å². The average molecular weight is 266 g/mol. The summed E-state index contributed by atoms with van der Waals surface area (Å²) >= 11 is 1.51. The van der Waals surface area contributed by atoms with Gasteiger partial charge in [0.1, 0.15) is 0 Å². The molecule has 1 amide bonds. The Balaban J connectivity index is 2.11. The lowest BCUT2D eigenvalue weighted by Gasteiger charge is -2.28. The molecule has 4 nitrogen and oxygen atoms in total. The van der Waals surface area contributed by atoms with Crippen molar-refractivity contribution in [2.75, 3.05) is 12.9 Å². The first-order valence-electron chi connectivity index (χ1n) is 6.12. The van der Waals surface area contributed by atoms with E-state index in [1.165, 1.54) is 11.8 Å². The predicted octanol–water partition coefficient (Wildman–Crippen LogP) is 1.84. The summed E-state index contributed by atoms with van der Waals surface area (Å²) in [6.07, 6.45) is 7.41. The Kier molecular flexibility index (Phi) is 4.24. The van der Waals surface area contributed by atoms with Gasteiger partial charge in [-0.05, 0) is 31.2 Å². The van der Waals surface area contributed by atoms with Gasteiger partial charge in [0.05, 0.1) is 17.2 Å². The zero-order chi connectivity index (χ0) is 13.0. The fraction of sp³-hybridized carbons (Fsp3) is 0.538. The molecule has 0 atom stereocenters. The van der Waals surface area contributed by atoms with Gasteiger partial charge < -0.3 is 10.4 Å². The van der Waals surface area contributed by atoms with Crippen molar-refractivity contribution in [2.24, 2.45) is 0 Å². The van der Waals surface area contributed by atoms with Crippen LogP contribution in [0, 0.1) is 0 Å². The molecule has 0 bridgehead atoms. The summed E-state index contributed by atoms with van der Waals surface area (Å²) in [5.41, 5.74) is 0.189. The molecule has 5 heteroatoms. The third-order valence-electron chi connectivity index (χ3n) is 3.45. The first-order chi connectivity index (χ1) is 8.69. The largest absolute Gasteiger partial charge is 0.394 e. The fourth-order valence-electron chi connectivity index (χ4n) is 2.35. The molecule has 0 aliphatic heterocycles. The second-order valence-corrected chi connectivity index (χ2v) is 5.51. The molecule has 0 aromatic carbocycles. The molecule has 1 aliphatic rings. The molecule has 1 fully saturated rings. The van der Waals surface area contributed by atoms with Crippen LogP contribution in [0.5, 0.6) is 0 Å². The van der Waals surface area contributed by atoms with Gasteiger partial charge in [-0.25, -0.2) is 4.98 Å². The minimum atomic E-state index is -0.417. The van der Waals surface area contributed by atoms with Crippen LogP contribution in [0.15, 0.2) is 23.4 Å². The summed E-state index contributed by atoms with van der Waals surface area (Å²) in [5, 5.41) is 13.3. The van der Waals surface area contributed by atoms with Crippen LogP contribution < -0.4 is 5.32 Å². The number of carbonyl (C=O) groups excluding carboxylic acids is 1. The Bertz CT molecular complexity index is 431. The minimum Gasteiger partial charge on any atom is -0.394 e. The number of rotatable bonds is 4. The Morgan fingerprint density at radius 2 is 2.28 bits per heavy atom. The molecular formula is C13H18N2O2S.